The van der Waals surface area contributed by atoms with Crippen LogP contribution in [0.1, 0.15) is 11.1 Å². The predicted octanol–water partition coefficient (Wildman–Crippen LogP) is 2.57. The molecule has 112 valence electrons. The highest BCUT2D eigenvalue weighted by Gasteiger charge is 2.18. The van der Waals surface area contributed by atoms with Crippen molar-refractivity contribution in [3.05, 3.63) is 59.2 Å². The van der Waals surface area contributed by atoms with Crippen molar-refractivity contribution in [1.82, 2.24) is 0 Å². The normalized spacial score (nSPS) is 11.4. The molecule has 0 aliphatic carbocycles. The average Bonchev–Trinajstić information content (AvgIpc) is 2.43. The Morgan fingerprint density at radius 1 is 1.10 bits per heavy atom. The van der Waals surface area contributed by atoms with E-state index in [-0.39, 0.29) is 17.2 Å². The van der Waals surface area contributed by atoms with Gasteiger partial charge in [0, 0.05) is 6.07 Å². The minimum absolute atomic E-state index is 0.0289. The summed E-state index contributed by atoms with van der Waals surface area (Å²) in [6.07, 6.45) is 0. The molecule has 0 aromatic heterocycles. The van der Waals surface area contributed by atoms with Gasteiger partial charge in [-0.3, -0.25) is 4.72 Å². The number of benzene rings is 2. The zero-order valence-electron chi connectivity index (χ0n) is 11.1. The summed E-state index contributed by atoms with van der Waals surface area (Å²) in [5.41, 5.74) is 0.830. The molecule has 7 heteroatoms. The number of halogens is 2. The number of aliphatic hydroxyl groups is 1. The molecule has 2 rings (SSSR count). The van der Waals surface area contributed by atoms with Crippen LogP contribution < -0.4 is 4.72 Å². The third-order valence-electron chi connectivity index (χ3n) is 2.90. The number of nitrogens with one attached hydrogen (secondary N) is 1. The molecule has 0 saturated carbocycles. The van der Waals surface area contributed by atoms with Crippen molar-refractivity contribution in [2.45, 2.75) is 18.4 Å². The lowest BCUT2D eigenvalue weighted by Gasteiger charge is -2.11. The van der Waals surface area contributed by atoms with Crippen LogP contribution in [0.2, 0.25) is 0 Å². The van der Waals surface area contributed by atoms with Gasteiger partial charge in [-0.2, -0.15) is 0 Å². The summed E-state index contributed by atoms with van der Waals surface area (Å²) in [7, 11) is -3.96. The summed E-state index contributed by atoms with van der Waals surface area (Å²) in [4.78, 5) is -0.0289. The van der Waals surface area contributed by atoms with Crippen molar-refractivity contribution >= 4 is 15.7 Å². The first kappa shape index (κ1) is 15.4. The smallest absolute Gasteiger partial charge is 0.262 e. The summed E-state index contributed by atoms with van der Waals surface area (Å²) in [5, 5.41) is 9.07. The maximum Gasteiger partial charge on any atom is 0.262 e. The topological polar surface area (TPSA) is 66.4 Å². The lowest BCUT2D eigenvalue weighted by molar-refractivity contribution is 0.281. The summed E-state index contributed by atoms with van der Waals surface area (Å²) < 4.78 is 52.7. The van der Waals surface area contributed by atoms with Crippen molar-refractivity contribution in [3.8, 4) is 0 Å². The fourth-order valence-corrected chi connectivity index (χ4v) is 3.15. The van der Waals surface area contributed by atoms with E-state index in [2.05, 4.69) is 4.72 Å². The van der Waals surface area contributed by atoms with Crippen LogP contribution in [0, 0.1) is 18.6 Å². The Kier molecular flexibility index (Phi) is 4.24. The van der Waals surface area contributed by atoms with E-state index < -0.39 is 21.7 Å². The first-order valence-electron chi connectivity index (χ1n) is 6.02. The molecule has 0 unspecified atom stereocenters. The van der Waals surface area contributed by atoms with E-state index in [0.29, 0.717) is 11.1 Å². The molecule has 0 saturated heterocycles. The highest BCUT2D eigenvalue weighted by Crippen LogP contribution is 2.22. The molecule has 0 amide bonds. The van der Waals surface area contributed by atoms with Crippen molar-refractivity contribution in [2.75, 3.05) is 4.72 Å². The Balaban J connectivity index is 2.40. The van der Waals surface area contributed by atoms with E-state index in [1.165, 1.54) is 6.07 Å². The molecular formula is C14H13F2NO3S. The fourth-order valence-electron chi connectivity index (χ4n) is 1.80. The number of hydrogen-bond donors (Lipinski definition) is 2. The van der Waals surface area contributed by atoms with Crippen molar-refractivity contribution < 1.29 is 22.3 Å². The second-order valence-electron chi connectivity index (χ2n) is 4.49. The fraction of sp³-hybridized carbons (Fsp3) is 0.143. The second kappa shape index (κ2) is 5.79. The molecule has 0 atom stereocenters. The molecule has 2 aromatic rings. The van der Waals surface area contributed by atoms with Crippen LogP contribution in [0.15, 0.2) is 41.3 Å². The molecule has 0 aliphatic rings. The molecule has 21 heavy (non-hydrogen) atoms. The number of sulfonamides is 1. The molecule has 4 nitrogen and oxygen atoms in total. The largest absolute Gasteiger partial charge is 0.392 e. The van der Waals surface area contributed by atoms with Gasteiger partial charge in [-0.05, 0) is 36.2 Å². The summed E-state index contributed by atoms with van der Waals surface area (Å²) in [6.45, 7) is 1.30. The molecule has 2 aromatic carbocycles. The first-order valence-corrected chi connectivity index (χ1v) is 7.50. The molecule has 0 bridgehead atoms. The van der Waals surface area contributed by atoms with E-state index in [0.717, 1.165) is 18.2 Å². The molecule has 0 heterocycles. The second-order valence-corrected chi connectivity index (χ2v) is 6.14. The van der Waals surface area contributed by atoms with Gasteiger partial charge in [-0.15, -0.1) is 0 Å². The van der Waals surface area contributed by atoms with Gasteiger partial charge < -0.3 is 5.11 Å². The van der Waals surface area contributed by atoms with Crippen LogP contribution in [0.25, 0.3) is 0 Å². The monoisotopic (exact) mass is 313 g/mol. The summed E-state index contributed by atoms with van der Waals surface area (Å²) in [5.74, 6) is -2.20. The van der Waals surface area contributed by atoms with Gasteiger partial charge in [0.1, 0.15) is 0 Å². The molecule has 0 aliphatic heterocycles. The molecular weight excluding hydrogens is 300 g/mol. The van der Waals surface area contributed by atoms with Gasteiger partial charge in [0.25, 0.3) is 10.0 Å². The van der Waals surface area contributed by atoms with Gasteiger partial charge in [-0.1, -0.05) is 12.1 Å². The summed E-state index contributed by atoms with van der Waals surface area (Å²) >= 11 is 0. The molecule has 0 radical (unpaired) electrons. The van der Waals surface area contributed by atoms with Crippen molar-refractivity contribution in [1.29, 1.82) is 0 Å². The van der Waals surface area contributed by atoms with Crippen molar-refractivity contribution in [3.63, 3.8) is 0 Å². The van der Waals surface area contributed by atoms with Gasteiger partial charge in [0.05, 0.1) is 17.2 Å². The maximum absolute atomic E-state index is 13.1. The van der Waals surface area contributed by atoms with Gasteiger partial charge in [0.15, 0.2) is 11.6 Å². The van der Waals surface area contributed by atoms with Crippen LogP contribution in [0.4, 0.5) is 14.5 Å². The Labute approximate surface area is 121 Å². The molecule has 0 spiro atoms. The number of aryl methyl sites for hydroxylation is 1. The first-order chi connectivity index (χ1) is 9.83. The van der Waals surface area contributed by atoms with Crippen LogP contribution in [-0.4, -0.2) is 13.5 Å². The zero-order chi connectivity index (χ0) is 15.6. The third kappa shape index (κ3) is 3.37. The van der Waals surface area contributed by atoms with E-state index >= 15 is 0 Å². The van der Waals surface area contributed by atoms with Crippen LogP contribution >= 0.6 is 0 Å². The average molecular weight is 313 g/mol. The van der Waals surface area contributed by atoms with Gasteiger partial charge in [0.2, 0.25) is 0 Å². The number of hydrogen-bond acceptors (Lipinski definition) is 3. The van der Waals surface area contributed by atoms with E-state index in [4.69, 9.17) is 5.11 Å². The zero-order valence-corrected chi connectivity index (χ0v) is 11.9. The van der Waals surface area contributed by atoms with Crippen LogP contribution in [0.3, 0.4) is 0 Å². The number of anilines is 1. The Hall–Kier alpha value is -1.99. The highest BCUT2D eigenvalue weighted by atomic mass is 32.2. The Morgan fingerprint density at radius 2 is 1.81 bits per heavy atom. The van der Waals surface area contributed by atoms with Crippen molar-refractivity contribution in [2.24, 2.45) is 0 Å². The van der Waals surface area contributed by atoms with E-state index in [9.17, 15) is 17.2 Å². The quantitative estimate of drug-likeness (QED) is 0.911. The van der Waals surface area contributed by atoms with Crippen LogP contribution in [-0.2, 0) is 16.6 Å². The number of aliphatic hydroxyl groups excluding tert-OH is 1. The number of rotatable bonds is 4. The SMILES string of the molecule is Cc1ccc(CO)cc1S(=O)(=O)Nc1ccc(F)c(F)c1. The lowest BCUT2D eigenvalue weighted by atomic mass is 10.2. The van der Waals surface area contributed by atoms with E-state index in [1.807, 2.05) is 0 Å². The molecule has 2 N–H and O–H groups in total. The highest BCUT2D eigenvalue weighted by molar-refractivity contribution is 7.92. The van der Waals surface area contributed by atoms with Gasteiger partial charge >= 0.3 is 0 Å². The Morgan fingerprint density at radius 3 is 2.43 bits per heavy atom. The minimum Gasteiger partial charge on any atom is -0.392 e. The predicted molar refractivity (Wildman–Crippen MR) is 74.3 cm³/mol. The third-order valence-corrected chi connectivity index (χ3v) is 4.42. The minimum atomic E-state index is -3.96. The Bertz CT molecular complexity index is 776. The molecule has 0 fully saturated rings. The standard InChI is InChI=1S/C14H13F2NO3S/c1-9-2-3-10(8-18)6-14(9)21(19,20)17-11-4-5-12(15)13(16)7-11/h2-7,17-18H,8H2,1H3. The maximum atomic E-state index is 13.1. The summed E-state index contributed by atoms with van der Waals surface area (Å²) in [6, 6.07) is 7.22. The van der Waals surface area contributed by atoms with Gasteiger partial charge in [-0.25, -0.2) is 17.2 Å². The lowest BCUT2D eigenvalue weighted by Crippen LogP contribution is -2.15. The van der Waals surface area contributed by atoms with E-state index in [1.54, 1.807) is 19.1 Å². The van der Waals surface area contributed by atoms with Crippen LogP contribution in [0.5, 0.6) is 0 Å².